The van der Waals surface area contributed by atoms with Crippen LogP contribution in [0.4, 0.5) is 0 Å². The van der Waals surface area contributed by atoms with Gasteiger partial charge in [0.25, 0.3) is 0 Å². The van der Waals surface area contributed by atoms with Crippen molar-refractivity contribution in [3.63, 3.8) is 0 Å². The molecule has 2 saturated heterocycles. The van der Waals surface area contributed by atoms with Crippen LogP contribution in [-0.2, 0) is 14.4 Å². The highest BCUT2D eigenvalue weighted by atomic mass is 16.4. The molecule has 22 heavy (non-hydrogen) atoms. The van der Waals surface area contributed by atoms with E-state index in [0.29, 0.717) is 25.6 Å². The second kappa shape index (κ2) is 6.26. The van der Waals surface area contributed by atoms with Gasteiger partial charge in [-0.3, -0.25) is 9.59 Å². The summed E-state index contributed by atoms with van der Waals surface area (Å²) in [6.45, 7) is 0.981. The third-order valence-corrected chi connectivity index (χ3v) is 5.34. The van der Waals surface area contributed by atoms with Crippen LogP contribution in [0.5, 0.6) is 0 Å². The van der Waals surface area contributed by atoms with E-state index in [0.717, 1.165) is 38.5 Å². The molecule has 122 valence electrons. The van der Waals surface area contributed by atoms with Crippen molar-refractivity contribution in [3.05, 3.63) is 0 Å². The van der Waals surface area contributed by atoms with Gasteiger partial charge in [0.1, 0.15) is 6.04 Å². The summed E-state index contributed by atoms with van der Waals surface area (Å²) in [4.78, 5) is 39.6. The molecule has 0 aromatic rings. The predicted octanol–water partition coefficient (Wildman–Crippen LogP) is 1.24. The first-order valence-corrected chi connectivity index (χ1v) is 8.40. The molecule has 1 saturated carbocycles. The van der Waals surface area contributed by atoms with E-state index in [2.05, 4.69) is 0 Å². The van der Waals surface area contributed by atoms with Crippen molar-refractivity contribution in [1.82, 2.24) is 9.80 Å². The van der Waals surface area contributed by atoms with Crippen LogP contribution in [0.25, 0.3) is 0 Å². The van der Waals surface area contributed by atoms with Crippen LogP contribution in [-0.4, -0.2) is 57.9 Å². The summed E-state index contributed by atoms with van der Waals surface area (Å²) in [7, 11) is 0. The fraction of sp³-hybridized carbons (Fsp3) is 0.812. The Morgan fingerprint density at radius 2 is 1.73 bits per heavy atom. The second-order valence-electron chi connectivity index (χ2n) is 6.77. The first-order valence-electron chi connectivity index (χ1n) is 8.40. The molecular weight excluding hydrogens is 284 g/mol. The van der Waals surface area contributed by atoms with Gasteiger partial charge in [-0.2, -0.15) is 0 Å². The molecule has 0 aromatic carbocycles. The Morgan fingerprint density at radius 1 is 1.05 bits per heavy atom. The molecule has 3 fully saturated rings. The number of carbonyl (C=O) groups excluding carboxylic acids is 2. The number of carboxylic acid groups (broad SMARTS) is 1. The summed E-state index contributed by atoms with van der Waals surface area (Å²) in [6.07, 6.45) is 6.84. The Balaban J connectivity index is 1.67. The standard InChI is InChI=1S/C16H24N2O4/c19-14-9-11(10-18(14)12-5-1-2-6-12)15(20)17-8-4-3-7-13(17)16(21)22/h11-13H,1-10H2,(H,21,22). The summed E-state index contributed by atoms with van der Waals surface area (Å²) in [5, 5.41) is 9.31. The maximum Gasteiger partial charge on any atom is 0.326 e. The van der Waals surface area contributed by atoms with E-state index >= 15 is 0 Å². The smallest absolute Gasteiger partial charge is 0.326 e. The quantitative estimate of drug-likeness (QED) is 0.851. The SMILES string of the molecule is O=C(O)C1CCCCN1C(=O)C1CC(=O)N(C2CCCC2)C1. The van der Waals surface area contributed by atoms with Crippen molar-refractivity contribution in [1.29, 1.82) is 0 Å². The van der Waals surface area contributed by atoms with Crippen molar-refractivity contribution >= 4 is 17.8 Å². The average molecular weight is 308 g/mol. The van der Waals surface area contributed by atoms with Crippen LogP contribution < -0.4 is 0 Å². The average Bonchev–Trinajstić information content (AvgIpc) is 3.15. The van der Waals surface area contributed by atoms with Gasteiger partial charge in [0.2, 0.25) is 11.8 Å². The molecule has 2 heterocycles. The highest BCUT2D eigenvalue weighted by Gasteiger charge is 2.42. The summed E-state index contributed by atoms with van der Waals surface area (Å²) in [5.41, 5.74) is 0. The zero-order chi connectivity index (χ0) is 15.7. The van der Waals surface area contributed by atoms with Crippen LogP contribution in [0.2, 0.25) is 0 Å². The van der Waals surface area contributed by atoms with Crippen molar-refractivity contribution in [3.8, 4) is 0 Å². The van der Waals surface area contributed by atoms with Gasteiger partial charge in [-0.05, 0) is 32.1 Å². The largest absolute Gasteiger partial charge is 0.480 e. The number of piperidine rings is 1. The molecule has 2 amide bonds. The molecule has 0 radical (unpaired) electrons. The molecule has 0 spiro atoms. The fourth-order valence-corrected chi connectivity index (χ4v) is 4.15. The minimum atomic E-state index is -0.926. The minimum absolute atomic E-state index is 0.0640. The van der Waals surface area contributed by atoms with Crippen molar-refractivity contribution in [2.24, 2.45) is 5.92 Å². The maximum atomic E-state index is 12.7. The van der Waals surface area contributed by atoms with Gasteiger partial charge in [-0.25, -0.2) is 4.79 Å². The van der Waals surface area contributed by atoms with E-state index in [-0.39, 0.29) is 24.2 Å². The van der Waals surface area contributed by atoms with Gasteiger partial charge in [0, 0.05) is 25.6 Å². The van der Waals surface area contributed by atoms with Crippen molar-refractivity contribution < 1.29 is 19.5 Å². The first-order chi connectivity index (χ1) is 10.6. The van der Waals surface area contributed by atoms with Gasteiger partial charge in [-0.1, -0.05) is 12.8 Å². The van der Waals surface area contributed by atoms with Crippen molar-refractivity contribution in [2.75, 3.05) is 13.1 Å². The van der Waals surface area contributed by atoms with Gasteiger partial charge in [0.05, 0.1) is 5.92 Å². The maximum absolute atomic E-state index is 12.7. The third kappa shape index (κ3) is 2.83. The summed E-state index contributed by atoms with van der Waals surface area (Å²) < 4.78 is 0. The Labute approximate surface area is 130 Å². The summed E-state index contributed by atoms with van der Waals surface area (Å²) in [5.74, 6) is -1.35. The molecule has 2 unspecified atom stereocenters. The zero-order valence-corrected chi connectivity index (χ0v) is 12.9. The second-order valence-corrected chi connectivity index (χ2v) is 6.77. The van der Waals surface area contributed by atoms with Gasteiger partial charge < -0.3 is 14.9 Å². The van der Waals surface area contributed by atoms with Crippen LogP contribution in [0, 0.1) is 5.92 Å². The van der Waals surface area contributed by atoms with Crippen molar-refractivity contribution in [2.45, 2.75) is 63.5 Å². The molecule has 2 aliphatic heterocycles. The lowest BCUT2D eigenvalue weighted by Crippen LogP contribution is -2.50. The highest BCUT2D eigenvalue weighted by molar-refractivity contribution is 5.91. The molecule has 3 aliphatic rings. The van der Waals surface area contributed by atoms with Gasteiger partial charge in [-0.15, -0.1) is 0 Å². The molecule has 1 aliphatic carbocycles. The predicted molar refractivity (Wildman–Crippen MR) is 79.1 cm³/mol. The van der Waals surface area contributed by atoms with Crippen LogP contribution >= 0.6 is 0 Å². The number of likely N-dealkylation sites (tertiary alicyclic amines) is 2. The number of amides is 2. The summed E-state index contributed by atoms with van der Waals surface area (Å²) >= 11 is 0. The highest BCUT2D eigenvalue weighted by Crippen LogP contribution is 2.31. The summed E-state index contributed by atoms with van der Waals surface area (Å²) in [6, 6.07) is -0.418. The van der Waals surface area contributed by atoms with Gasteiger partial charge in [0.15, 0.2) is 0 Å². The van der Waals surface area contributed by atoms with E-state index in [1.165, 1.54) is 4.90 Å². The van der Waals surface area contributed by atoms with E-state index in [9.17, 15) is 19.5 Å². The van der Waals surface area contributed by atoms with E-state index in [4.69, 9.17) is 0 Å². The molecular formula is C16H24N2O4. The third-order valence-electron chi connectivity index (χ3n) is 5.34. The Hall–Kier alpha value is -1.59. The number of carbonyl (C=O) groups is 3. The number of nitrogens with zero attached hydrogens (tertiary/aromatic N) is 2. The van der Waals surface area contributed by atoms with E-state index < -0.39 is 12.0 Å². The lowest BCUT2D eigenvalue weighted by molar-refractivity contribution is -0.153. The first kappa shape index (κ1) is 15.3. The minimum Gasteiger partial charge on any atom is -0.480 e. The normalized spacial score (nSPS) is 30.1. The Morgan fingerprint density at radius 3 is 2.41 bits per heavy atom. The van der Waals surface area contributed by atoms with Crippen LogP contribution in [0.3, 0.4) is 0 Å². The lowest BCUT2D eigenvalue weighted by atomic mass is 9.98. The molecule has 0 aromatic heterocycles. The molecule has 3 rings (SSSR count). The van der Waals surface area contributed by atoms with Crippen LogP contribution in [0.15, 0.2) is 0 Å². The lowest BCUT2D eigenvalue weighted by Gasteiger charge is -2.34. The molecule has 0 bridgehead atoms. The molecule has 6 nitrogen and oxygen atoms in total. The number of hydrogen-bond donors (Lipinski definition) is 1. The monoisotopic (exact) mass is 308 g/mol. The zero-order valence-electron chi connectivity index (χ0n) is 12.9. The fourth-order valence-electron chi connectivity index (χ4n) is 4.15. The van der Waals surface area contributed by atoms with Gasteiger partial charge >= 0.3 is 5.97 Å². The number of rotatable bonds is 3. The molecule has 1 N–H and O–H groups in total. The molecule has 6 heteroatoms. The topological polar surface area (TPSA) is 77.9 Å². The van der Waals surface area contributed by atoms with Crippen LogP contribution in [0.1, 0.15) is 51.4 Å². The number of hydrogen-bond acceptors (Lipinski definition) is 3. The molecule has 2 atom stereocenters. The Kier molecular flexibility index (Phi) is 4.36. The van der Waals surface area contributed by atoms with E-state index in [1.54, 1.807) is 0 Å². The number of carboxylic acids is 1. The Bertz CT molecular complexity index is 473. The van der Waals surface area contributed by atoms with E-state index in [1.807, 2.05) is 4.90 Å². The number of aliphatic carboxylic acids is 1.